The number of rotatable bonds is 5. The zero-order valence-corrected chi connectivity index (χ0v) is 12.5. The Bertz CT molecular complexity index is 536. The third-order valence-corrected chi connectivity index (χ3v) is 3.18. The summed E-state index contributed by atoms with van der Waals surface area (Å²) in [6.07, 6.45) is 0. The van der Waals surface area contributed by atoms with Gasteiger partial charge in [-0.1, -0.05) is 12.1 Å². The second-order valence-electron chi connectivity index (χ2n) is 4.56. The van der Waals surface area contributed by atoms with Crippen LogP contribution < -0.4 is 4.90 Å². The fraction of sp³-hybridized carbons (Fsp3) is 0.375. The second-order valence-corrected chi connectivity index (χ2v) is 4.56. The number of nitrogens with zero attached hydrogens (tertiary/aromatic N) is 4. The molecule has 0 aliphatic heterocycles. The predicted molar refractivity (Wildman–Crippen MR) is 81.8 cm³/mol. The highest BCUT2D eigenvalue weighted by Gasteiger charge is 2.12. The maximum absolute atomic E-state index is 9.06. The van der Waals surface area contributed by atoms with Gasteiger partial charge in [0.1, 0.15) is 12.1 Å². The fourth-order valence-corrected chi connectivity index (χ4v) is 2.18. The molecule has 1 aromatic carbocycles. The van der Waals surface area contributed by atoms with Crippen molar-refractivity contribution in [1.29, 1.82) is 10.5 Å². The summed E-state index contributed by atoms with van der Waals surface area (Å²) in [5.74, 6) is 0. The molecule has 0 amide bonds. The Kier molecular flexibility index (Phi) is 5.62. The molecule has 104 valence electrons. The monoisotopic (exact) mass is 268 g/mol. The van der Waals surface area contributed by atoms with Crippen LogP contribution in [-0.2, 0) is 0 Å². The maximum Gasteiger partial charge on any atom is 0.153 e. The molecule has 20 heavy (non-hydrogen) atoms. The van der Waals surface area contributed by atoms with Crippen LogP contribution in [0.15, 0.2) is 29.8 Å². The van der Waals surface area contributed by atoms with Gasteiger partial charge in [-0.2, -0.15) is 10.5 Å². The van der Waals surface area contributed by atoms with Crippen molar-refractivity contribution in [1.82, 2.24) is 4.90 Å². The Hall–Kier alpha value is -2.46. The highest BCUT2D eigenvalue weighted by Crippen LogP contribution is 2.23. The van der Waals surface area contributed by atoms with Gasteiger partial charge in [0.25, 0.3) is 0 Å². The van der Waals surface area contributed by atoms with Crippen LogP contribution >= 0.6 is 0 Å². The van der Waals surface area contributed by atoms with Crippen molar-refractivity contribution in [3.8, 4) is 12.1 Å². The van der Waals surface area contributed by atoms with Crippen LogP contribution in [-0.4, -0.2) is 32.1 Å². The summed E-state index contributed by atoms with van der Waals surface area (Å²) >= 11 is 0. The van der Waals surface area contributed by atoms with Gasteiger partial charge < -0.3 is 9.80 Å². The molecule has 0 heterocycles. The second kappa shape index (κ2) is 7.21. The first kappa shape index (κ1) is 15.6. The number of hydrogen-bond acceptors (Lipinski definition) is 4. The topological polar surface area (TPSA) is 54.1 Å². The fourth-order valence-electron chi connectivity index (χ4n) is 2.18. The van der Waals surface area contributed by atoms with E-state index in [0.717, 1.165) is 24.3 Å². The molecule has 0 unspecified atom stereocenters. The molecular formula is C16H20N4. The Morgan fingerprint density at radius 3 is 1.85 bits per heavy atom. The van der Waals surface area contributed by atoms with Gasteiger partial charge in [0.2, 0.25) is 0 Å². The Morgan fingerprint density at radius 2 is 1.50 bits per heavy atom. The van der Waals surface area contributed by atoms with Crippen molar-refractivity contribution >= 4 is 11.4 Å². The molecule has 1 rings (SSSR count). The van der Waals surface area contributed by atoms with Gasteiger partial charge in [-0.15, -0.1) is 0 Å². The van der Waals surface area contributed by atoms with Gasteiger partial charge >= 0.3 is 0 Å². The minimum atomic E-state index is 0.130. The average molecular weight is 268 g/mol. The zero-order valence-electron chi connectivity index (χ0n) is 12.5. The van der Waals surface area contributed by atoms with E-state index in [1.807, 2.05) is 50.5 Å². The lowest BCUT2D eigenvalue weighted by molar-refractivity contribution is 0.590. The number of hydrogen-bond donors (Lipinski definition) is 0. The standard InChI is InChI=1S/C16H20N4/c1-5-20(6-2)15-9-7-13(8-10-15)16(19(3)4)14(11-17)12-18/h7-10H,5-6H2,1-4H3. The van der Waals surface area contributed by atoms with Gasteiger partial charge in [0, 0.05) is 38.4 Å². The van der Waals surface area contributed by atoms with Crippen molar-refractivity contribution in [2.24, 2.45) is 0 Å². The zero-order chi connectivity index (χ0) is 15.1. The van der Waals surface area contributed by atoms with Crippen LogP contribution in [0, 0.1) is 22.7 Å². The van der Waals surface area contributed by atoms with E-state index in [-0.39, 0.29) is 5.57 Å². The van der Waals surface area contributed by atoms with Gasteiger partial charge in [0.05, 0.1) is 5.70 Å². The Morgan fingerprint density at radius 1 is 1.00 bits per heavy atom. The van der Waals surface area contributed by atoms with E-state index in [1.165, 1.54) is 0 Å². The number of benzene rings is 1. The van der Waals surface area contributed by atoms with E-state index in [4.69, 9.17) is 10.5 Å². The van der Waals surface area contributed by atoms with Crippen molar-refractivity contribution < 1.29 is 0 Å². The van der Waals surface area contributed by atoms with Gasteiger partial charge in [0.15, 0.2) is 5.57 Å². The van der Waals surface area contributed by atoms with E-state index in [2.05, 4.69) is 18.7 Å². The summed E-state index contributed by atoms with van der Waals surface area (Å²) in [6, 6.07) is 11.9. The number of nitriles is 2. The van der Waals surface area contributed by atoms with Crippen LogP contribution in [0.1, 0.15) is 19.4 Å². The van der Waals surface area contributed by atoms with Gasteiger partial charge in [-0.25, -0.2) is 0 Å². The van der Waals surface area contributed by atoms with E-state index < -0.39 is 0 Å². The first-order valence-electron chi connectivity index (χ1n) is 6.66. The van der Waals surface area contributed by atoms with Crippen molar-refractivity contribution in [2.75, 3.05) is 32.1 Å². The van der Waals surface area contributed by atoms with Gasteiger partial charge in [-0.05, 0) is 26.0 Å². The molecular weight excluding hydrogens is 248 g/mol. The van der Waals surface area contributed by atoms with Crippen molar-refractivity contribution in [3.63, 3.8) is 0 Å². The van der Waals surface area contributed by atoms with Crippen LogP contribution in [0.4, 0.5) is 5.69 Å². The van der Waals surface area contributed by atoms with Crippen molar-refractivity contribution in [3.05, 3.63) is 35.4 Å². The van der Waals surface area contributed by atoms with Crippen molar-refractivity contribution in [2.45, 2.75) is 13.8 Å². The number of anilines is 1. The molecule has 0 aromatic heterocycles. The molecule has 0 spiro atoms. The highest BCUT2D eigenvalue weighted by atomic mass is 15.1. The van der Waals surface area contributed by atoms with E-state index in [1.54, 1.807) is 4.90 Å². The molecule has 0 aliphatic carbocycles. The molecule has 0 fully saturated rings. The predicted octanol–water partition coefficient (Wildman–Crippen LogP) is 2.85. The summed E-state index contributed by atoms with van der Waals surface area (Å²) < 4.78 is 0. The van der Waals surface area contributed by atoms with E-state index in [0.29, 0.717) is 5.70 Å². The van der Waals surface area contributed by atoms with Crippen LogP contribution in [0.3, 0.4) is 0 Å². The molecule has 0 N–H and O–H groups in total. The first-order chi connectivity index (χ1) is 9.58. The SMILES string of the molecule is CCN(CC)c1ccc(C(=C(C#N)C#N)N(C)C)cc1. The van der Waals surface area contributed by atoms with Crippen LogP contribution in [0.25, 0.3) is 5.70 Å². The summed E-state index contributed by atoms with van der Waals surface area (Å²) in [5.41, 5.74) is 2.81. The first-order valence-corrected chi connectivity index (χ1v) is 6.66. The lowest BCUT2D eigenvalue weighted by atomic mass is 10.1. The van der Waals surface area contributed by atoms with E-state index in [9.17, 15) is 0 Å². The molecule has 0 bridgehead atoms. The maximum atomic E-state index is 9.06. The number of allylic oxidation sites excluding steroid dienone is 1. The van der Waals surface area contributed by atoms with Crippen LogP contribution in [0.2, 0.25) is 0 Å². The summed E-state index contributed by atoms with van der Waals surface area (Å²) in [6.45, 7) is 6.14. The third-order valence-electron chi connectivity index (χ3n) is 3.18. The minimum absolute atomic E-state index is 0.130. The molecule has 4 heteroatoms. The lowest BCUT2D eigenvalue weighted by Crippen LogP contribution is -2.21. The Balaban J connectivity index is 3.24. The quantitative estimate of drug-likeness (QED) is 0.771. The summed E-state index contributed by atoms with van der Waals surface area (Å²) in [7, 11) is 3.67. The van der Waals surface area contributed by atoms with Gasteiger partial charge in [-0.3, -0.25) is 0 Å². The Labute approximate surface area is 121 Å². The molecule has 0 aliphatic rings. The summed E-state index contributed by atoms with van der Waals surface area (Å²) in [4.78, 5) is 4.05. The molecule has 4 nitrogen and oxygen atoms in total. The lowest BCUT2D eigenvalue weighted by Gasteiger charge is -2.22. The molecule has 0 saturated heterocycles. The third kappa shape index (κ3) is 3.30. The van der Waals surface area contributed by atoms with E-state index >= 15 is 0 Å². The normalized spacial score (nSPS) is 9.30. The molecule has 0 radical (unpaired) electrons. The minimum Gasteiger partial charge on any atom is -0.376 e. The largest absolute Gasteiger partial charge is 0.376 e. The smallest absolute Gasteiger partial charge is 0.153 e. The summed E-state index contributed by atoms with van der Waals surface area (Å²) in [5, 5.41) is 18.1. The molecule has 0 atom stereocenters. The molecule has 0 saturated carbocycles. The highest BCUT2D eigenvalue weighted by molar-refractivity contribution is 5.74. The molecule has 1 aromatic rings. The average Bonchev–Trinajstić information content (AvgIpc) is 2.46. The van der Waals surface area contributed by atoms with Crippen LogP contribution in [0.5, 0.6) is 0 Å².